The molecule has 0 spiro atoms. The van der Waals surface area contributed by atoms with Gasteiger partial charge in [0, 0.05) is 23.1 Å². The first-order chi connectivity index (χ1) is 16.9. The monoisotopic (exact) mass is 477 g/mol. The highest BCUT2D eigenvalue weighted by Crippen LogP contribution is 2.26. The molecule has 0 aliphatic heterocycles. The van der Waals surface area contributed by atoms with E-state index in [1.807, 2.05) is 12.1 Å². The van der Waals surface area contributed by atoms with Gasteiger partial charge in [-0.2, -0.15) is 5.26 Å². The van der Waals surface area contributed by atoms with Crippen LogP contribution in [-0.4, -0.2) is 6.61 Å². The summed E-state index contributed by atoms with van der Waals surface area (Å²) in [5.41, 5.74) is 2.01. The molecule has 0 N–H and O–H groups in total. The molecular formula is C29H23F4NO. The van der Waals surface area contributed by atoms with Crippen molar-refractivity contribution in [1.82, 2.24) is 0 Å². The van der Waals surface area contributed by atoms with Crippen LogP contribution >= 0.6 is 0 Å². The third-order valence-corrected chi connectivity index (χ3v) is 6.02. The van der Waals surface area contributed by atoms with Gasteiger partial charge in [0.05, 0.1) is 12.2 Å². The van der Waals surface area contributed by atoms with Crippen molar-refractivity contribution in [3.63, 3.8) is 0 Å². The summed E-state index contributed by atoms with van der Waals surface area (Å²) in [4.78, 5) is 0. The van der Waals surface area contributed by atoms with Crippen molar-refractivity contribution >= 4 is 10.8 Å². The van der Waals surface area contributed by atoms with Crippen molar-refractivity contribution in [2.45, 2.75) is 32.6 Å². The lowest BCUT2D eigenvalue weighted by Gasteiger charge is -2.11. The average Bonchev–Trinajstić information content (AvgIpc) is 2.83. The summed E-state index contributed by atoms with van der Waals surface area (Å²) in [6.07, 6.45) is 1.37. The van der Waals surface area contributed by atoms with Crippen molar-refractivity contribution in [1.29, 1.82) is 5.26 Å². The Labute approximate surface area is 201 Å². The second-order valence-electron chi connectivity index (χ2n) is 8.32. The molecule has 4 aromatic rings. The third-order valence-electron chi connectivity index (χ3n) is 6.02. The van der Waals surface area contributed by atoms with Gasteiger partial charge in [0.25, 0.3) is 0 Å². The van der Waals surface area contributed by atoms with E-state index in [0.29, 0.717) is 47.8 Å². The van der Waals surface area contributed by atoms with Crippen LogP contribution in [0.4, 0.5) is 17.6 Å². The predicted molar refractivity (Wildman–Crippen MR) is 127 cm³/mol. The first kappa shape index (κ1) is 24.3. The highest BCUT2D eigenvalue weighted by atomic mass is 19.1. The highest BCUT2D eigenvalue weighted by Gasteiger charge is 2.13. The van der Waals surface area contributed by atoms with Crippen LogP contribution < -0.4 is 4.74 Å². The van der Waals surface area contributed by atoms with Crippen LogP contribution in [0.25, 0.3) is 10.8 Å². The largest absolute Gasteiger partial charge is 0.494 e. The van der Waals surface area contributed by atoms with Gasteiger partial charge in [-0.05, 0) is 66.8 Å². The zero-order valence-electron chi connectivity index (χ0n) is 19.2. The summed E-state index contributed by atoms with van der Waals surface area (Å²) >= 11 is 0. The molecule has 4 aromatic carbocycles. The molecule has 0 heterocycles. The number of ether oxygens (including phenoxy) is 1. The van der Waals surface area contributed by atoms with Crippen LogP contribution in [-0.2, 0) is 25.7 Å². The molecule has 0 unspecified atom stereocenters. The Balaban J connectivity index is 1.47. The van der Waals surface area contributed by atoms with Gasteiger partial charge < -0.3 is 4.74 Å². The van der Waals surface area contributed by atoms with E-state index < -0.39 is 17.5 Å². The second-order valence-corrected chi connectivity index (χ2v) is 8.32. The molecular weight excluding hydrogens is 454 g/mol. The maximum Gasteiger partial charge on any atom is 0.141 e. The average molecular weight is 478 g/mol. The fourth-order valence-electron chi connectivity index (χ4n) is 4.16. The number of fused-ring (bicyclic) bond motifs is 1. The molecule has 0 aromatic heterocycles. The van der Waals surface area contributed by atoms with Crippen molar-refractivity contribution < 1.29 is 22.3 Å². The molecule has 0 bridgehead atoms. The van der Waals surface area contributed by atoms with Crippen LogP contribution in [0.3, 0.4) is 0 Å². The molecule has 0 aliphatic carbocycles. The molecule has 2 nitrogen and oxygen atoms in total. The fourth-order valence-corrected chi connectivity index (χ4v) is 4.16. The van der Waals surface area contributed by atoms with Crippen LogP contribution in [0.15, 0.2) is 60.7 Å². The van der Waals surface area contributed by atoms with E-state index in [0.717, 1.165) is 5.56 Å². The Morgan fingerprint density at radius 3 is 2.11 bits per heavy atom. The van der Waals surface area contributed by atoms with E-state index in [2.05, 4.69) is 0 Å². The van der Waals surface area contributed by atoms with Crippen LogP contribution in [0.1, 0.15) is 34.7 Å². The molecule has 178 valence electrons. The van der Waals surface area contributed by atoms with Gasteiger partial charge in [0.1, 0.15) is 35.1 Å². The standard InChI is InChI=1S/C29H23F4NO/c1-2-35-23-15-27(31)25(28(32)16-23)12-6-18-5-11-24-21(13-18)10-9-20(29(24)33)7-3-19-4-8-22(17-34)26(30)14-19/h4-5,8-11,13-16H,2-3,6-7,12H2,1H3. The van der Waals surface area contributed by atoms with Crippen molar-refractivity contribution in [2.75, 3.05) is 6.61 Å². The molecule has 6 heteroatoms. The number of hydrogen-bond acceptors (Lipinski definition) is 2. The van der Waals surface area contributed by atoms with E-state index in [4.69, 9.17) is 10.00 Å². The topological polar surface area (TPSA) is 33.0 Å². The number of aryl methyl sites for hydroxylation is 3. The minimum atomic E-state index is -0.646. The molecule has 0 aliphatic rings. The Morgan fingerprint density at radius 2 is 1.43 bits per heavy atom. The van der Waals surface area contributed by atoms with Crippen molar-refractivity contribution in [3.8, 4) is 11.8 Å². The minimum Gasteiger partial charge on any atom is -0.494 e. The Hall–Kier alpha value is -3.85. The number of rotatable bonds is 8. The highest BCUT2D eigenvalue weighted by molar-refractivity contribution is 5.84. The zero-order chi connectivity index (χ0) is 24.9. The van der Waals surface area contributed by atoms with E-state index in [-0.39, 0.29) is 29.1 Å². The van der Waals surface area contributed by atoms with Crippen LogP contribution in [0.5, 0.6) is 5.75 Å². The lowest BCUT2D eigenvalue weighted by Crippen LogP contribution is -2.02. The zero-order valence-corrected chi connectivity index (χ0v) is 19.2. The van der Waals surface area contributed by atoms with Crippen molar-refractivity contribution in [3.05, 3.63) is 112 Å². The lowest BCUT2D eigenvalue weighted by molar-refractivity contribution is 0.335. The summed E-state index contributed by atoms with van der Waals surface area (Å²) in [6, 6.07) is 17.3. The third kappa shape index (κ3) is 5.46. The van der Waals surface area contributed by atoms with Crippen molar-refractivity contribution in [2.24, 2.45) is 0 Å². The Bertz CT molecular complexity index is 1400. The van der Waals surface area contributed by atoms with E-state index >= 15 is 4.39 Å². The molecule has 0 saturated heterocycles. The van der Waals surface area contributed by atoms with Crippen LogP contribution in [0.2, 0.25) is 0 Å². The van der Waals surface area contributed by atoms with Gasteiger partial charge in [-0.1, -0.05) is 36.4 Å². The normalized spacial score (nSPS) is 11.0. The molecule has 4 rings (SSSR count). The SMILES string of the molecule is CCOc1cc(F)c(CCc2ccc3c(F)c(CCc4ccc(C#N)c(F)c4)ccc3c2)c(F)c1. The maximum atomic E-state index is 15.1. The molecule has 0 radical (unpaired) electrons. The van der Waals surface area contributed by atoms with Gasteiger partial charge in [-0.3, -0.25) is 0 Å². The van der Waals surface area contributed by atoms with E-state index in [1.165, 1.54) is 24.3 Å². The molecule has 0 amide bonds. The smallest absolute Gasteiger partial charge is 0.141 e. The fraction of sp³-hybridized carbons (Fsp3) is 0.207. The quantitative estimate of drug-likeness (QED) is 0.251. The number of nitriles is 1. The van der Waals surface area contributed by atoms with E-state index in [1.54, 1.807) is 37.3 Å². The maximum absolute atomic E-state index is 15.1. The van der Waals surface area contributed by atoms with Gasteiger partial charge in [-0.25, -0.2) is 17.6 Å². The minimum absolute atomic E-state index is 0.00526. The summed E-state index contributed by atoms with van der Waals surface area (Å²) in [7, 11) is 0. The number of halogens is 4. The molecule has 0 atom stereocenters. The van der Waals surface area contributed by atoms with E-state index in [9.17, 15) is 13.2 Å². The molecule has 0 fully saturated rings. The summed E-state index contributed by atoms with van der Waals surface area (Å²) in [5.74, 6) is -2.06. The van der Waals surface area contributed by atoms with Gasteiger partial charge >= 0.3 is 0 Å². The Morgan fingerprint density at radius 1 is 0.743 bits per heavy atom. The predicted octanol–water partition coefficient (Wildman–Crippen LogP) is 7.24. The van der Waals surface area contributed by atoms with Crippen LogP contribution in [0, 0.1) is 34.6 Å². The molecule has 0 saturated carbocycles. The number of nitrogens with zero attached hydrogens (tertiary/aromatic N) is 1. The first-order valence-corrected chi connectivity index (χ1v) is 11.4. The Kier molecular flexibility index (Phi) is 7.36. The lowest BCUT2D eigenvalue weighted by atomic mass is 9.97. The second kappa shape index (κ2) is 10.6. The number of benzene rings is 4. The molecule has 35 heavy (non-hydrogen) atoms. The summed E-state index contributed by atoms with van der Waals surface area (Å²) in [5, 5.41) is 9.99. The van der Waals surface area contributed by atoms with Gasteiger partial charge in [-0.15, -0.1) is 0 Å². The van der Waals surface area contributed by atoms with Gasteiger partial charge in [0.15, 0.2) is 0 Å². The number of hydrogen-bond donors (Lipinski definition) is 0. The first-order valence-electron chi connectivity index (χ1n) is 11.4. The van der Waals surface area contributed by atoms with Gasteiger partial charge in [0.2, 0.25) is 0 Å². The summed E-state index contributed by atoms with van der Waals surface area (Å²) in [6.45, 7) is 2.06. The summed E-state index contributed by atoms with van der Waals surface area (Å²) < 4.78 is 62.8.